The standard InChI is InChI=1S/C17H30N2O/c1-17(18)10-6-5-9-14(17)16(20)19-15-11-13(15)12-7-3-2-4-8-12/h12-15H,2-11,18H2,1H3,(H,19,20). The van der Waals surface area contributed by atoms with Crippen LogP contribution in [0.3, 0.4) is 0 Å². The van der Waals surface area contributed by atoms with Gasteiger partial charge in [0.25, 0.3) is 0 Å². The van der Waals surface area contributed by atoms with Crippen LogP contribution in [0.2, 0.25) is 0 Å². The molecule has 3 nitrogen and oxygen atoms in total. The smallest absolute Gasteiger partial charge is 0.225 e. The molecule has 20 heavy (non-hydrogen) atoms. The minimum absolute atomic E-state index is 0.0313. The maximum absolute atomic E-state index is 12.5. The Kier molecular flexibility index (Phi) is 4.07. The average Bonchev–Trinajstić information content (AvgIpc) is 3.18. The third-order valence-corrected chi connectivity index (χ3v) is 5.99. The highest BCUT2D eigenvalue weighted by Crippen LogP contribution is 2.44. The molecule has 4 unspecified atom stereocenters. The molecule has 3 N–H and O–H groups in total. The second kappa shape index (κ2) is 5.67. The zero-order valence-corrected chi connectivity index (χ0v) is 12.9. The van der Waals surface area contributed by atoms with E-state index in [1.807, 2.05) is 0 Å². The number of amides is 1. The normalized spacial score (nSPS) is 42.2. The van der Waals surface area contributed by atoms with Gasteiger partial charge in [-0.25, -0.2) is 0 Å². The molecule has 0 aromatic heterocycles. The van der Waals surface area contributed by atoms with Crippen molar-refractivity contribution in [3.05, 3.63) is 0 Å². The van der Waals surface area contributed by atoms with E-state index < -0.39 is 0 Å². The molecule has 3 fully saturated rings. The maximum Gasteiger partial charge on any atom is 0.225 e. The molecule has 0 radical (unpaired) electrons. The molecule has 0 bridgehead atoms. The summed E-state index contributed by atoms with van der Waals surface area (Å²) in [5, 5.41) is 3.31. The van der Waals surface area contributed by atoms with Crippen molar-refractivity contribution in [3.8, 4) is 0 Å². The highest BCUT2D eigenvalue weighted by Gasteiger charge is 2.46. The second-order valence-electron chi connectivity index (χ2n) is 7.72. The third kappa shape index (κ3) is 3.03. The summed E-state index contributed by atoms with van der Waals surface area (Å²) in [5.74, 6) is 1.92. The molecule has 114 valence electrons. The lowest BCUT2D eigenvalue weighted by molar-refractivity contribution is -0.128. The Hall–Kier alpha value is -0.570. The first-order valence-electron chi connectivity index (χ1n) is 8.67. The predicted octanol–water partition coefficient (Wildman–Crippen LogP) is 2.98. The zero-order chi connectivity index (χ0) is 14.2. The van der Waals surface area contributed by atoms with Gasteiger partial charge >= 0.3 is 0 Å². The van der Waals surface area contributed by atoms with Crippen molar-refractivity contribution in [1.82, 2.24) is 5.32 Å². The molecule has 0 aliphatic heterocycles. The van der Waals surface area contributed by atoms with Crippen molar-refractivity contribution < 1.29 is 4.79 Å². The van der Waals surface area contributed by atoms with Crippen LogP contribution in [-0.2, 0) is 4.79 Å². The molecule has 0 aromatic rings. The zero-order valence-electron chi connectivity index (χ0n) is 12.9. The Morgan fingerprint density at radius 1 is 1.10 bits per heavy atom. The van der Waals surface area contributed by atoms with Crippen molar-refractivity contribution >= 4 is 5.91 Å². The van der Waals surface area contributed by atoms with Crippen molar-refractivity contribution in [3.63, 3.8) is 0 Å². The van der Waals surface area contributed by atoms with Gasteiger partial charge < -0.3 is 11.1 Å². The predicted molar refractivity (Wildman–Crippen MR) is 81.2 cm³/mol. The van der Waals surface area contributed by atoms with Crippen LogP contribution in [0.25, 0.3) is 0 Å². The highest BCUT2D eigenvalue weighted by molar-refractivity contribution is 5.80. The molecule has 0 spiro atoms. The van der Waals surface area contributed by atoms with Gasteiger partial charge in [-0.2, -0.15) is 0 Å². The summed E-state index contributed by atoms with van der Waals surface area (Å²) in [6, 6.07) is 0.461. The van der Waals surface area contributed by atoms with Crippen LogP contribution in [0.15, 0.2) is 0 Å². The van der Waals surface area contributed by atoms with Gasteiger partial charge in [-0.05, 0) is 38.0 Å². The van der Waals surface area contributed by atoms with E-state index >= 15 is 0 Å². The first kappa shape index (κ1) is 14.4. The largest absolute Gasteiger partial charge is 0.353 e. The van der Waals surface area contributed by atoms with Crippen LogP contribution >= 0.6 is 0 Å². The van der Waals surface area contributed by atoms with E-state index in [2.05, 4.69) is 12.2 Å². The number of carbonyl (C=O) groups is 1. The van der Waals surface area contributed by atoms with E-state index in [1.54, 1.807) is 0 Å². The number of rotatable bonds is 3. The van der Waals surface area contributed by atoms with E-state index in [0.717, 1.165) is 31.1 Å². The van der Waals surface area contributed by atoms with Gasteiger partial charge in [-0.15, -0.1) is 0 Å². The fourth-order valence-corrected chi connectivity index (χ4v) is 4.54. The first-order chi connectivity index (χ1) is 9.58. The van der Waals surface area contributed by atoms with Gasteiger partial charge in [-0.1, -0.05) is 44.9 Å². The molecule has 3 rings (SSSR count). The minimum Gasteiger partial charge on any atom is -0.353 e. The maximum atomic E-state index is 12.5. The Labute approximate surface area is 123 Å². The van der Waals surface area contributed by atoms with Crippen LogP contribution in [0.4, 0.5) is 0 Å². The number of hydrogen-bond acceptors (Lipinski definition) is 2. The van der Waals surface area contributed by atoms with E-state index in [4.69, 9.17) is 5.73 Å². The van der Waals surface area contributed by atoms with Gasteiger partial charge in [0.15, 0.2) is 0 Å². The van der Waals surface area contributed by atoms with Crippen LogP contribution < -0.4 is 11.1 Å². The Bertz CT molecular complexity index is 360. The molecule has 3 aliphatic rings. The Morgan fingerprint density at radius 3 is 2.50 bits per heavy atom. The molecule has 3 aliphatic carbocycles. The number of hydrogen-bond donors (Lipinski definition) is 2. The summed E-state index contributed by atoms with van der Waals surface area (Å²) in [6.07, 6.45) is 12.5. The van der Waals surface area contributed by atoms with Crippen molar-refractivity contribution in [2.24, 2.45) is 23.5 Å². The van der Waals surface area contributed by atoms with Crippen molar-refractivity contribution in [2.75, 3.05) is 0 Å². The van der Waals surface area contributed by atoms with Crippen molar-refractivity contribution in [1.29, 1.82) is 0 Å². The van der Waals surface area contributed by atoms with Crippen LogP contribution in [-0.4, -0.2) is 17.5 Å². The van der Waals surface area contributed by atoms with Crippen LogP contribution in [0.1, 0.15) is 71.1 Å². The molecule has 1 amide bonds. The lowest BCUT2D eigenvalue weighted by Gasteiger charge is -2.37. The summed E-state index contributed by atoms with van der Waals surface area (Å²) in [6.45, 7) is 2.06. The quantitative estimate of drug-likeness (QED) is 0.834. The molecular weight excluding hydrogens is 248 g/mol. The van der Waals surface area contributed by atoms with Crippen LogP contribution in [0, 0.1) is 17.8 Å². The summed E-state index contributed by atoms with van der Waals surface area (Å²) in [5.41, 5.74) is 6.04. The summed E-state index contributed by atoms with van der Waals surface area (Å²) < 4.78 is 0. The second-order valence-corrected chi connectivity index (χ2v) is 7.72. The number of carbonyl (C=O) groups excluding carboxylic acids is 1. The monoisotopic (exact) mass is 278 g/mol. The summed E-state index contributed by atoms with van der Waals surface area (Å²) in [7, 11) is 0. The summed E-state index contributed by atoms with van der Waals surface area (Å²) in [4.78, 5) is 12.5. The summed E-state index contributed by atoms with van der Waals surface area (Å²) >= 11 is 0. The highest BCUT2D eigenvalue weighted by atomic mass is 16.2. The van der Waals surface area contributed by atoms with Gasteiger partial charge in [0, 0.05) is 11.6 Å². The first-order valence-corrected chi connectivity index (χ1v) is 8.67. The molecular formula is C17H30N2O. The van der Waals surface area contributed by atoms with E-state index in [-0.39, 0.29) is 17.4 Å². The molecule has 4 atom stereocenters. The number of nitrogens with two attached hydrogens (primary N) is 1. The lowest BCUT2D eigenvalue weighted by atomic mass is 9.74. The molecule has 0 heterocycles. The fraction of sp³-hybridized carbons (Fsp3) is 0.941. The number of nitrogens with one attached hydrogen (secondary N) is 1. The van der Waals surface area contributed by atoms with E-state index in [9.17, 15) is 4.79 Å². The third-order valence-electron chi connectivity index (χ3n) is 5.99. The molecule has 3 saturated carbocycles. The fourth-order valence-electron chi connectivity index (χ4n) is 4.54. The topological polar surface area (TPSA) is 55.1 Å². The molecule has 3 heteroatoms. The van der Waals surface area contributed by atoms with Gasteiger partial charge in [0.1, 0.15) is 0 Å². The molecule has 0 aromatic carbocycles. The van der Waals surface area contributed by atoms with Crippen molar-refractivity contribution in [2.45, 2.75) is 82.7 Å². The average molecular weight is 278 g/mol. The minimum atomic E-state index is -0.294. The van der Waals surface area contributed by atoms with E-state index in [0.29, 0.717) is 6.04 Å². The van der Waals surface area contributed by atoms with Gasteiger partial charge in [-0.3, -0.25) is 4.79 Å². The SMILES string of the molecule is CC1(N)CCCCC1C(=O)NC1CC1C1CCCCC1. The Morgan fingerprint density at radius 2 is 1.80 bits per heavy atom. The van der Waals surface area contributed by atoms with Crippen LogP contribution in [0.5, 0.6) is 0 Å². The van der Waals surface area contributed by atoms with Gasteiger partial charge in [0.05, 0.1) is 5.92 Å². The lowest BCUT2D eigenvalue weighted by Crippen LogP contribution is -2.53. The molecule has 0 saturated heterocycles. The van der Waals surface area contributed by atoms with E-state index in [1.165, 1.54) is 44.9 Å². The Balaban J connectivity index is 1.50. The van der Waals surface area contributed by atoms with Gasteiger partial charge in [0.2, 0.25) is 5.91 Å².